The normalized spacial score (nSPS) is 18.5. The molecule has 0 bridgehead atoms. The largest absolute Gasteiger partial charge is 0.381 e. The maximum absolute atomic E-state index is 13.5. The monoisotopic (exact) mass is 329 g/mol. The topological polar surface area (TPSA) is 38.3 Å². The highest BCUT2D eigenvalue weighted by Crippen LogP contribution is 2.16. The fourth-order valence-corrected chi connectivity index (χ4v) is 2.43. The molecular weight excluding hydrogens is 313 g/mol. The van der Waals surface area contributed by atoms with Crippen LogP contribution in [-0.4, -0.2) is 25.7 Å². The summed E-state index contributed by atoms with van der Waals surface area (Å²) in [6.07, 6.45) is 2.16. The second-order valence-corrected chi connectivity index (χ2v) is 5.61. The van der Waals surface area contributed by atoms with Crippen LogP contribution in [0.3, 0.4) is 0 Å². The average molecular weight is 330 g/mol. The summed E-state index contributed by atoms with van der Waals surface area (Å²) >= 11 is 3.23. The molecule has 1 aliphatic rings. The van der Waals surface area contributed by atoms with Crippen molar-refractivity contribution < 1.29 is 13.9 Å². The Bertz CT molecular complexity index is 447. The molecule has 1 amide bonds. The quantitative estimate of drug-likeness (QED) is 0.843. The highest BCUT2D eigenvalue weighted by Gasteiger charge is 2.22. The first-order chi connectivity index (χ1) is 9.16. The maximum atomic E-state index is 13.5. The van der Waals surface area contributed by atoms with E-state index in [-0.39, 0.29) is 17.6 Å². The number of carbonyl (C=O) groups excluding carboxylic acids is 1. The van der Waals surface area contributed by atoms with E-state index < -0.39 is 0 Å². The highest BCUT2D eigenvalue weighted by atomic mass is 79.9. The van der Waals surface area contributed by atoms with Crippen molar-refractivity contribution in [1.29, 1.82) is 0 Å². The highest BCUT2D eigenvalue weighted by molar-refractivity contribution is 9.10. The van der Waals surface area contributed by atoms with Crippen LogP contribution in [0.25, 0.3) is 0 Å². The third-order valence-electron chi connectivity index (χ3n) is 3.24. The molecule has 1 aromatic carbocycles. The van der Waals surface area contributed by atoms with E-state index in [1.54, 1.807) is 6.07 Å². The molecule has 1 saturated heterocycles. The lowest BCUT2D eigenvalue weighted by atomic mass is 10.1. The van der Waals surface area contributed by atoms with Gasteiger partial charge in [-0.3, -0.25) is 4.79 Å². The van der Waals surface area contributed by atoms with E-state index in [0.29, 0.717) is 31.7 Å². The van der Waals surface area contributed by atoms with Gasteiger partial charge in [-0.15, -0.1) is 0 Å². The molecule has 19 heavy (non-hydrogen) atoms. The summed E-state index contributed by atoms with van der Waals surface area (Å²) in [4.78, 5) is 11.7. The summed E-state index contributed by atoms with van der Waals surface area (Å²) in [6, 6.07) is 5.06. The van der Waals surface area contributed by atoms with Gasteiger partial charge in [0.25, 0.3) is 0 Å². The van der Waals surface area contributed by atoms with Gasteiger partial charge in [-0.05, 0) is 37.0 Å². The van der Waals surface area contributed by atoms with Crippen molar-refractivity contribution in [2.24, 2.45) is 5.92 Å². The zero-order valence-electron chi connectivity index (χ0n) is 10.6. The fourth-order valence-electron chi connectivity index (χ4n) is 2.10. The molecule has 0 radical (unpaired) electrons. The number of carbonyl (C=O) groups is 1. The summed E-state index contributed by atoms with van der Waals surface area (Å²) in [6.45, 7) is 1.76. The molecule has 1 fully saturated rings. The number of nitrogens with one attached hydrogen (secondary N) is 1. The van der Waals surface area contributed by atoms with Crippen molar-refractivity contribution in [3.63, 3.8) is 0 Å². The van der Waals surface area contributed by atoms with Crippen LogP contribution >= 0.6 is 15.9 Å². The third-order valence-corrected chi connectivity index (χ3v) is 3.73. The van der Waals surface area contributed by atoms with Gasteiger partial charge in [-0.2, -0.15) is 0 Å². The summed E-state index contributed by atoms with van der Waals surface area (Å²) < 4.78 is 19.5. The van der Waals surface area contributed by atoms with Gasteiger partial charge >= 0.3 is 0 Å². The van der Waals surface area contributed by atoms with E-state index in [0.717, 1.165) is 17.3 Å². The van der Waals surface area contributed by atoms with Gasteiger partial charge in [0.05, 0.1) is 12.5 Å². The molecular formula is C14H17BrFNO2. The van der Waals surface area contributed by atoms with Crippen LogP contribution in [0.5, 0.6) is 0 Å². The summed E-state index contributed by atoms with van der Waals surface area (Å²) in [5, 5.41) is 2.88. The lowest BCUT2D eigenvalue weighted by Crippen LogP contribution is -2.31. The Labute approximate surface area is 120 Å². The molecule has 104 valence electrons. The van der Waals surface area contributed by atoms with Crippen LogP contribution in [0, 0.1) is 11.7 Å². The zero-order valence-corrected chi connectivity index (χ0v) is 12.2. The molecule has 2 rings (SSSR count). The predicted molar refractivity (Wildman–Crippen MR) is 74.4 cm³/mol. The number of rotatable bonds is 5. The number of ether oxygens (including phenoxy) is 1. The molecule has 1 aliphatic heterocycles. The smallest absolute Gasteiger partial charge is 0.225 e. The molecule has 5 heteroatoms. The van der Waals surface area contributed by atoms with E-state index in [4.69, 9.17) is 4.74 Å². The van der Waals surface area contributed by atoms with E-state index in [1.807, 2.05) is 6.07 Å². The zero-order chi connectivity index (χ0) is 13.7. The number of halogens is 2. The minimum absolute atomic E-state index is 0.00980. The Balaban J connectivity index is 1.70. The van der Waals surface area contributed by atoms with E-state index in [9.17, 15) is 9.18 Å². The van der Waals surface area contributed by atoms with Crippen LogP contribution in [0.2, 0.25) is 0 Å². The first kappa shape index (κ1) is 14.5. The first-order valence-corrected chi connectivity index (χ1v) is 7.25. The SMILES string of the molecule is O=C(NCCCc1ccc(Br)cc1F)C1CCOC1. The summed E-state index contributed by atoms with van der Waals surface area (Å²) in [7, 11) is 0. The van der Waals surface area contributed by atoms with Gasteiger partial charge in [0.2, 0.25) is 5.91 Å². The lowest BCUT2D eigenvalue weighted by Gasteiger charge is -2.09. The summed E-state index contributed by atoms with van der Waals surface area (Å²) in [5.74, 6) is -0.164. The Morgan fingerprint density at radius 3 is 3.05 bits per heavy atom. The number of hydrogen-bond donors (Lipinski definition) is 1. The molecule has 1 unspecified atom stereocenters. The van der Waals surface area contributed by atoms with Crippen LogP contribution in [0.1, 0.15) is 18.4 Å². The van der Waals surface area contributed by atoms with E-state index >= 15 is 0 Å². The number of aryl methyl sites for hydroxylation is 1. The number of amides is 1. The predicted octanol–water partition coefficient (Wildman–Crippen LogP) is 2.67. The lowest BCUT2D eigenvalue weighted by molar-refractivity contribution is -0.124. The third kappa shape index (κ3) is 4.28. The molecule has 1 heterocycles. The molecule has 1 N–H and O–H groups in total. The van der Waals surface area contributed by atoms with Crippen LogP contribution in [-0.2, 0) is 16.0 Å². The van der Waals surface area contributed by atoms with Gasteiger partial charge in [-0.25, -0.2) is 4.39 Å². The Hall–Kier alpha value is -0.940. The minimum Gasteiger partial charge on any atom is -0.381 e. The van der Waals surface area contributed by atoms with Crippen molar-refractivity contribution in [1.82, 2.24) is 5.32 Å². The van der Waals surface area contributed by atoms with Crippen molar-refractivity contribution >= 4 is 21.8 Å². The van der Waals surface area contributed by atoms with E-state index in [2.05, 4.69) is 21.2 Å². The van der Waals surface area contributed by atoms with Crippen LogP contribution in [0.15, 0.2) is 22.7 Å². The summed E-state index contributed by atoms with van der Waals surface area (Å²) in [5.41, 5.74) is 0.682. The molecule has 0 saturated carbocycles. The van der Waals surface area contributed by atoms with Crippen molar-refractivity contribution in [3.8, 4) is 0 Å². The second kappa shape index (κ2) is 7.01. The van der Waals surface area contributed by atoms with Crippen LogP contribution < -0.4 is 5.32 Å². The number of hydrogen-bond acceptors (Lipinski definition) is 2. The van der Waals surface area contributed by atoms with Crippen molar-refractivity contribution in [2.45, 2.75) is 19.3 Å². The molecule has 1 atom stereocenters. The molecule has 1 aromatic rings. The standard InChI is InChI=1S/C14H17BrFNO2/c15-12-4-3-10(13(16)8-12)2-1-6-17-14(18)11-5-7-19-9-11/h3-4,8,11H,1-2,5-7,9H2,(H,17,18). The molecule has 3 nitrogen and oxygen atoms in total. The van der Waals surface area contributed by atoms with Gasteiger partial charge in [0.1, 0.15) is 5.82 Å². The Morgan fingerprint density at radius 1 is 1.53 bits per heavy atom. The van der Waals surface area contributed by atoms with Crippen LogP contribution in [0.4, 0.5) is 4.39 Å². The Kier molecular flexibility index (Phi) is 5.34. The number of benzene rings is 1. The van der Waals surface area contributed by atoms with Gasteiger partial charge in [0.15, 0.2) is 0 Å². The minimum atomic E-state index is -0.204. The molecule has 0 aromatic heterocycles. The van der Waals surface area contributed by atoms with Crippen molar-refractivity contribution in [2.75, 3.05) is 19.8 Å². The Morgan fingerprint density at radius 2 is 2.37 bits per heavy atom. The van der Waals surface area contributed by atoms with Crippen molar-refractivity contribution in [3.05, 3.63) is 34.1 Å². The van der Waals surface area contributed by atoms with Gasteiger partial charge in [0, 0.05) is 17.6 Å². The molecule has 0 spiro atoms. The maximum Gasteiger partial charge on any atom is 0.225 e. The second-order valence-electron chi connectivity index (χ2n) is 4.69. The fraction of sp³-hybridized carbons (Fsp3) is 0.500. The first-order valence-electron chi connectivity index (χ1n) is 6.46. The van der Waals surface area contributed by atoms with Gasteiger partial charge < -0.3 is 10.1 Å². The average Bonchev–Trinajstić information content (AvgIpc) is 2.90. The molecule has 0 aliphatic carbocycles. The van der Waals surface area contributed by atoms with Gasteiger partial charge in [-0.1, -0.05) is 22.0 Å². The van der Waals surface area contributed by atoms with E-state index in [1.165, 1.54) is 6.07 Å².